The molecule has 0 aliphatic carbocycles. The maximum absolute atomic E-state index is 12.4. The van der Waals surface area contributed by atoms with E-state index in [0.717, 1.165) is 13.0 Å². The zero-order valence-corrected chi connectivity index (χ0v) is 12.8. The number of nitrogens with zero attached hydrogens (tertiary/aromatic N) is 2. The van der Waals surface area contributed by atoms with Crippen molar-refractivity contribution in [3.63, 3.8) is 0 Å². The molecule has 2 heterocycles. The average molecular weight is 304 g/mol. The van der Waals surface area contributed by atoms with E-state index in [-0.39, 0.29) is 30.1 Å². The largest absolute Gasteiger partial charge is 0.396 e. The Bertz CT molecular complexity index is 443. The van der Waals surface area contributed by atoms with Crippen LogP contribution in [-0.2, 0) is 14.8 Å². The minimum absolute atomic E-state index is 0.0595. The van der Waals surface area contributed by atoms with Crippen molar-refractivity contribution in [1.82, 2.24) is 9.21 Å². The van der Waals surface area contributed by atoms with E-state index in [1.807, 2.05) is 4.90 Å². The quantitative estimate of drug-likeness (QED) is 0.786. The summed E-state index contributed by atoms with van der Waals surface area (Å²) < 4.78 is 25.0. The third kappa shape index (κ3) is 3.32. The molecule has 6 nitrogen and oxygen atoms in total. The molecule has 0 radical (unpaired) electrons. The molecule has 1 N–H and O–H groups in total. The molecule has 0 aromatic carbocycles. The van der Waals surface area contributed by atoms with Crippen LogP contribution in [0, 0.1) is 11.8 Å². The van der Waals surface area contributed by atoms with Crippen molar-refractivity contribution in [2.45, 2.75) is 26.2 Å². The fourth-order valence-corrected chi connectivity index (χ4v) is 4.14. The van der Waals surface area contributed by atoms with Crippen molar-refractivity contribution in [1.29, 1.82) is 0 Å². The van der Waals surface area contributed by atoms with Crippen molar-refractivity contribution < 1.29 is 18.3 Å². The average Bonchev–Trinajstić information content (AvgIpc) is 2.95. The van der Waals surface area contributed by atoms with Crippen LogP contribution in [0.3, 0.4) is 0 Å². The lowest BCUT2D eigenvalue weighted by molar-refractivity contribution is -0.135. The minimum atomic E-state index is -3.13. The number of sulfonamides is 1. The highest BCUT2D eigenvalue weighted by atomic mass is 32.2. The number of rotatable bonds is 4. The minimum Gasteiger partial charge on any atom is -0.396 e. The summed E-state index contributed by atoms with van der Waals surface area (Å²) >= 11 is 0. The number of carbonyl (C=O) groups excluding carboxylic acids is 1. The predicted molar refractivity (Wildman–Crippen MR) is 75.5 cm³/mol. The Morgan fingerprint density at radius 2 is 1.85 bits per heavy atom. The summed E-state index contributed by atoms with van der Waals surface area (Å²) in [6, 6.07) is 0. The van der Waals surface area contributed by atoms with Crippen molar-refractivity contribution in [2.75, 3.05) is 38.5 Å². The number of carbonyl (C=O) groups is 1. The Kier molecular flexibility index (Phi) is 5.04. The number of hydrogen-bond donors (Lipinski definition) is 1. The second-order valence-electron chi connectivity index (χ2n) is 5.70. The molecule has 0 aromatic rings. The van der Waals surface area contributed by atoms with Gasteiger partial charge in [-0.15, -0.1) is 0 Å². The Labute approximate surface area is 120 Å². The molecule has 2 aliphatic rings. The first-order valence-electron chi connectivity index (χ1n) is 7.35. The molecule has 116 valence electrons. The highest BCUT2D eigenvalue weighted by Crippen LogP contribution is 2.25. The molecule has 1 atom stereocenters. The Morgan fingerprint density at radius 1 is 1.20 bits per heavy atom. The van der Waals surface area contributed by atoms with E-state index in [1.54, 1.807) is 6.92 Å². The lowest BCUT2D eigenvalue weighted by Crippen LogP contribution is -2.44. The number of aliphatic hydroxyl groups excluding tert-OH is 1. The number of amides is 1. The summed E-state index contributed by atoms with van der Waals surface area (Å²) in [5.41, 5.74) is 0. The van der Waals surface area contributed by atoms with Crippen molar-refractivity contribution in [3.8, 4) is 0 Å². The smallest absolute Gasteiger partial charge is 0.225 e. The molecule has 2 fully saturated rings. The SMILES string of the molecule is CCS(=O)(=O)N1CCC(C(=O)N2CCC(CO)C2)CC1. The number of hydrogen-bond acceptors (Lipinski definition) is 4. The summed E-state index contributed by atoms with van der Waals surface area (Å²) in [5, 5.41) is 9.12. The molecule has 0 spiro atoms. The lowest BCUT2D eigenvalue weighted by Gasteiger charge is -2.32. The van der Waals surface area contributed by atoms with Gasteiger partial charge >= 0.3 is 0 Å². The van der Waals surface area contributed by atoms with Gasteiger partial charge in [0.15, 0.2) is 0 Å². The van der Waals surface area contributed by atoms with Gasteiger partial charge in [0.1, 0.15) is 0 Å². The van der Waals surface area contributed by atoms with Crippen LogP contribution in [0.1, 0.15) is 26.2 Å². The van der Waals surface area contributed by atoms with E-state index in [9.17, 15) is 13.2 Å². The molecule has 2 rings (SSSR count). The van der Waals surface area contributed by atoms with E-state index in [1.165, 1.54) is 4.31 Å². The first kappa shape index (κ1) is 15.7. The first-order valence-corrected chi connectivity index (χ1v) is 8.96. The Hall–Kier alpha value is -0.660. The number of likely N-dealkylation sites (tertiary alicyclic amines) is 1. The van der Waals surface area contributed by atoms with E-state index >= 15 is 0 Å². The van der Waals surface area contributed by atoms with Gasteiger partial charge in [0.05, 0.1) is 5.75 Å². The van der Waals surface area contributed by atoms with Crippen LogP contribution in [0.5, 0.6) is 0 Å². The maximum Gasteiger partial charge on any atom is 0.225 e. The second-order valence-corrected chi connectivity index (χ2v) is 7.95. The summed E-state index contributed by atoms with van der Waals surface area (Å²) in [6.07, 6.45) is 2.09. The normalized spacial score (nSPS) is 26.1. The van der Waals surface area contributed by atoms with Gasteiger partial charge in [0.25, 0.3) is 0 Å². The van der Waals surface area contributed by atoms with Gasteiger partial charge in [-0.05, 0) is 26.2 Å². The van der Waals surface area contributed by atoms with E-state index in [4.69, 9.17) is 5.11 Å². The van der Waals surface area contributed by atoms with Crippen LogP contribution in [0.2, 0.25) is 0 Å². The molecular formula is C13H24N2O4S. The maximum atomic E-state index is 12.4. The summed E-state index contributed by atoms with van der Waals surface area (Å²) in [7, 11) is -3.13. The van der Waals surface area contributed by atoms with Gasteiger partial charge in [0.2, 0.25) is 15.9 Å². The summed E-state index contributed by atoms with van der Waals surface area (Å²) in [6.45, 7) is 4.04. The summed E-state index contributed by atoms with van der Waals surface area (Å²) in [4.78, 5) is 14.2. The fraction of sp³-hybridized carbons (Fsp3) is 0.923. The van der Waals surface area contributed by atoms with Gasteiger partial charge in [0, 0.05) is 44.6 Å². The topological polar surface area (TPSA) is 77.9 Å². The predicted octanol–water partition coefficient (Wildman–Crippen LogP) is -0.111. The lowest BCUT2D eigenvalue weighted by atomic mass is 9.96. The van der Waals surface area contributed by atoms with Crippen LogP contribution in [-0.4, -0.2) is 67.2 Å². The van der Waals surface area contributed by atoms with Gasteiger partial charge < -0.3 is 10.0 Å². The van der Waals surface area contributed by atoms with Crippen molar-refractivity contribution in [3.05, 3.63) is 0 Å². The third-order valence-electron chi connectivity index (χ3n) is 4.42. The third-order valence-corrected chi connectivity index (χ3v) is 6.30. The monoisotopic (exact) mass is 304 g/mol. The molecule has 1 amide bonds. The first-order chi connectivity index (χ1) is 9.47. The zero-order valence-electron chi connectivity index (χ0n) is 12.0. The molecule has 0 saturated carbocycles. The zero-order chi connectivity index (χ0) is 14.8. The Balaban J connectivity index is 1.86. The molecule has 0 aromatic heterocycles. The molecule has 2 saturated heterocycles. The summed E-state index contributed by atoms with van der Waals surface area (Å²) in [5.74, 6) is 0.403. The highest BCUT2D eigenvalue weighted by Gasteiger charge is 2.34. The van der Waals surface area contributed by atoms with Gasteiger partial charge in [-0.2, -0.15) is 0 Å². The van der Waals surface area contributed by atoms with Crippen LogP contribution < -0.4 is 0 Å². The van der Waals surface area contributed by atoms with Gasteiger partial charge in [-0.3, -0.25) is 4.79 Å². The second kappa shape index (κ2) is 6.41. The van der Waals surface area contributed by atoms with Crippen LogP contribution in [0.15, 0.2) is 0 Å². The highest BCUT2D eigenvalue weighted by molar-refractivity contribution is 7.89. The molecule has 1 unspecified atom stereocenters. The van der Waals surface area contributed by atoms with E-state index in [2.05, 4.69) is 0 Å². The molecule has 7 heteroatoms. The van der Waals surface area contributed by atoms with Crippen LogP contribution in [0.4, 0.5) is 0 Å². The van der Waals surface area contributed by atoms with Gasteiger partial charge in [-0.1, -0.05) is 0 Å². The molecule has 0 bridgehead atoms. The van der Waals surface area contributed by atoms with Crippen LogP contribution >= 0.6 is 0 Å². The fourth-order valence-electron chi connectivity index (χ4n) is 3.00. The van der Waals surface area contributed by atoms with Crippen molar-refractivity contribution in [2.24, 2.45) is 11.8 Å². The van der Waals surface area contributed by atoms with Crippen molar-refractivity contribution >= 4 is 15.9 Å². The van der Waals surface area contributed by atoms with E-state index < -0.39 is 10.0 Å². The molecule has 2 aliphatic heterocycles. The van der Waals surface area contributed by atoms with E-state index in [0.29, 0.717) is 32.5 Å². The number of piperidine rings is 1. The van der Waals surface area contributed by atoms with Gasteiger partial charge in [-0.25, -0.2) is 12.7 Å². The molecular weight excluding hydrogens is 280 g/mol. The van der Waals surface area contributed by atoms with Crippen LogP contribution in [0.25, 0.3) is 0 Å². The number of aliphatic hydroxyl groups is 1. The Morgan fingerprint density at radius 3 is 2.35 bits per heavy atom. The standard InChI is InChI=1S/C13H24N2O4S/c1-2-20(18,19)15-7-4-12(5-8-15)13(17)14-6-3-11(9-14)10-16/h11-12,16H,2-10H2,1H3. The molecule has 20 heavy (non-hydrogen) atoms.